The zero-order valence-corrected chi connectivity index (χ0v) is 10.1. The standard InChI is InChI=1S/C13H13N3O2/c1-9(16(17)18)8-11-10-4-2-6-14-13(10)15-7-3-5-12(11)15/h2,4,6,8H,3,5,7H2,1H3. The Balaban J connectivity index is 2.29. The molecule has 0 saturated heterocycles. The molecule has 5 heteroatoms. The van der Waals surface area contributed by atoms with E-state index in [0.717, 1.165) is 36.0 Å². The molecule has 0 N–H and O–H groups in total. The molecule has 18 heavy (non-hydrogen) atoms. The molecule has 0 aromatic carbocycles. The first-order valence-corrected chi connectivity index (χ1v) is 5.97. The van der Waals surface area contributed by atoms with Crippen LogP contribution in [-0.2, 0) is 13.0 Å². The monoisotopic (exact) mass is 243 g/mol. The number of nitro groups is 1. The van der Waals surface area contributed by atoms with Gasteiger partial charge in [-0.15, -0.1) is 0 Å². The van der Waals surface area contributed by atoms with Gasteiger partial charge in [0.1, 0.15) is 5.65 Å². The average Bonchev–Trinajstić information content (AvgIpc) is 2.92. The number of aryl methyl sites for hydroxylation is 1. The Morgan fingerprint density at radius 2 is 2.44 bits per heavy atom. The van der Waals surface area contributed by atoms with E-state index in [-0.39, 0.29) is 10.6 Å². The minimum absolute atomic E-state index is 0.168. The third-order valence-corrected chi connectivity index (χ3v) is 3.41. The molecule has 0 fully saturated rings. The van der Waals surface area contributed by atoms with E-state index in [2.05, 4.69) is 9.55 Å². The summed E-state index contributed by atoms with van der Waals surface area (Å²) in [6, 6.07) is 3.85. The molecule has 1 aliphatic rings. The number of rotatable bonds is 2. The van der Waals surface area contributed by atoms with E-state index in [1.807, 2.05) is 12.1 Å². The van der Waals surface area contributed by atoms with Crippen LogP contribution in [0.3, 0.4) is 0 Å². The molecule has 0 radical (unpaired) electrons. The molecule has 0 bridgehead atoms. The molecular weight excluding hydrogens is 230 g/mol. The molecule has 5 nitrogen and oxygen atoms in total. The van der Waals surface area contributed by atoms with Crippen LogP contribution in [-0.4, -0.2) is 14.5 Å². The molecule has 92 valence electrons. The number of aromatic nitrogens is 2. The summed E-state index contributed by atoms with van der Waals surface area (Å²) in [6.07, 6.45) is 5.48. The van der Waals surface area contributed by atoms with E-state index >= 15 is 0 Å². The Kier molecular flexibility index (Phi) is 2.40. The topological polar surface area (TPSA) is 61.0 Å². The van der Waals surface area contributed by atoms with Crippen LogP contribution in [0.1, 0.15) is 24.6 Å². The largest absolute Gasteiger partial charge is 0.329 e. The summed E-state index contributed by atoms with van der Waals surface area (Å²) in [5, 5.41) is 11.8. The number of fused-ring (bicyclic) bond motifs is 3. The molecule has 0 spiro atoms. The summed E-state index contributed by atoms with van der Waals surface area (Å²) in [5.74, 6) is 0. The summed E-state index contributed by atoms with van der Waals surface area (Å²) in [7, 11) is 0. The maximum atomic E-state index is 10.8. The fourth-order valence-electron chi connectivity index (χ4n) is 2.59. The van der Waals surface area contributed by atoms with Crippen molar-refractivity contribution in [3.63, 3.8) is 0 Å². The molecule has 3 rings (SSSR count). The first-order chi connectivity index (χ1) is 8.68. The van der Waals surface area contributed by atoms with Crippen LogP contribution in [0.25, 0.3) is 17.1 Å². The second-order valence-electron chi connectivity index (χ2n) is 4.53. The molecular formula is C13H13N3O2. The Labute approximate surface area is 104 Å². The lowest BCUT2D eigenvalue weighted by Gasteiger charge is -1.96. The Bertz CT molecular complexity index is 670. The van der Waals surface area contributed by atoms with E-state index in [4.69, 9.17) is 0 Å². The van der Waals surface area contributed by atoms with Gasteiger partial charge in [0.15, 0.2) is 0 Å². The summed E-state index contributed by atoms with van der Waals surface area (Å²) >= 11 is 0. The predicted molar refractivity (Wildman–Crippen MR) is 68.7 cm³/mol. The van der Waals surface area contributed by atoms with Gasteiger partial charge in [-0.25, -0.2) is 4.98 Å². The van der Waals surface area contributed by atoms with E-state index < -0.39 is 0 Å². The zero-order valence-electron chi connectivity index (χ0n) is 10.1. The van der Waals surface area contributed by atoms with Crippen LogP contribution in [0, 0.1) is 10.1 Å². The molecule has 0 unspecified atom stereocenters. The predicted octanol–water partition coefficient (Wildman–Crippen LogP) is 2.62. The molecule has 1 aliphatic heterocycles. The van der Waals surface area contributed by atoms with Crippen molar-refractivity contribution in [3.05, 3.63) is 45.4 Å². The van der Waals surface area contributed by atoms with Crippen LogP contribution < -0.4 is 0 Å². The van der Waals surface area contributed by atoms with Crippen molar-refractivity contribution in [2.75, 3.05) is 0 Å². The van der Waals surface area contributed by atoms with Gasteiger partial charge >= 0.3 is 0 Å². The molecule has 0 atom stereocenters. The maximum Gasteiger partial charge on any atom is 0.243 e. The molecule has 0 aliphatic carbocycles. The maximum absolute atomic E-state index is 10.8. The first-order valence-electron chi connectivity index (χ1n) is 5.97. The fraction of sp³-hybridized carbons (Fsp3) is 0.308. The van der Waals surface area contributed by atoms with E-state index in [0.29, 0.717) is 0 Å². The second-order valence-corrected chi connectivity index (χ2v) is 4.53. The average molecular weight is 243 g/mol. The third-order valence-electron chi connectivity index (χ3n) is 3.41. The van der Waals surface area contributed by atoms with Crippen molar-refractivity contribution in [1.29, 1.82) is 0 Å². The van der Waals surface area contributed by atoms with Crippen LogP contribution in [0.2, 0.25) is 0 Å². The Morgan fingerprint density at radius 3 is 3.22 bits per heavy atom. The van der Waals surface area contributed by atoms with Gasteiger partial charge in [-0.3, -0.25) is 10.1 Å². The van der Waals surface area contributed by atoms with Crippen molar-refractivity contribution in [3.8, 4) is 0 Å². The number of allylic oxidation sites excluding steroid dienone is 1. The van der Waals surface area contributed by atoms with E-state index in [9.17, 15) is 10.1 Å². The van der Waals surface area contributed by atoms with Gasteiger partial charge in [-0.2, -0.15) is 0 Å². The highest BCUT2D eigenvalue weighted by atomic mass is 16.6. The van der Waals surface area contributed by atoms with E-state index in [1.165, 1.54) is 12.6 Å². The lowest BCUT2D eigenvalue weighted by atomic mass is 10.1. The smallest absolute Gasteiger partial charge is 0.243 e. The SMILES string of the molecule is CC(=Cc1c2n(c3ncccc13)CCC2)[N+](=O)[O-]. The second kappa shape index (κ2) is 3.94. The van der Waals surface area contributed by atoms with Gasteiger partial charge in [-0.1, -0.05) is 0 Å². The third kappa shape index (κ3) is 1.51. The van der Waals surface area contributed by atoms with Crippen LogP contribution in [0.15, 0.2) is 24.0 Å². The highest BCUT2D eigenvalue weighted by Crippen LogP contribution is 2.31. The number of pyridine rings is 1. The van der Waals surface area contributed by atoms with Crippen molar-refractivity contribution < 1.29 is 4.92 Å². The van der Waals surface area contributed by atoms with Gasteiger partial charge in [0, 0.05) is 42.4 Å². The van der Waals surface area contributed by atoms with E-state index in [1.54, 1.807) is 12.3 Å². The first kappa shape index (κ1) is 11.0. The normalized spacial score (nSPS) is 15.1. The summed E-state index contributed by atoms with van der Waals surface area (Å²) < 4.78 is 2.17. The fourth-order valence-corrected chi connectivity index (χ4v) is 2.59. The minimum Gasteiger partial charge on any atom is -0.329 e. The lowest BCUT2D eigenvalue weighted by molar-refractivity contribution is -0.422. The minimum atomic E-state index is -0.346. The van der Waals surface area contributed by atoms with Gasteiger partial charge in [0.05, 0.1) is 4.92 Å². The van der Waals surface area contributed by atoms with Gasteiger partial charge in [-0.05, 0) is 25.0 Å². The number of hydrogen-bond acceptors (Lipinski definition) is 3. The molecule has 0 amide bonds. The van der Waals surface area contributed by atoms with Crippen molar-refractivity contribution in [2.24, 2.45) is 0 Å². The zero-order chi connectivity index (χ0) is 12.7. The van der Waals surface area contributed by atoms with Gasteiger partial charge < -0.3 is 4.57 Å². The highest BCUT2D eigenvalue weighted by Gasteiger charge is 2.21. The van der Waals surface area contributed by atoms with Gasteiger partial charge in [0.25, 0.3) is 0 Å². The number of nitrogens with zero attached hydrogens (tertiary/aromatic N) is 3. The summed E-state index contributed by atoms with van der Waals surface area (Å²) in [6.45, 7) is 2.48. The summed E-state index contributed by atoms with van der Waals surface area (Å²) in [5.41, 5.74) is 3.24. The quantitative estimate of drug-likeness (QED) is 0.601. The van der Waals surface area contributed by atoms with Crippen molar-refractivity contribution in [1.82, 2.24) is 9.55 Å². The Hall–Kier alpha value is -2.17. The Morgan fingerprint density at radius 1 is 1.61 bits per heavy atom. The highest BCUT2D eigenvalue weighted by molar-refractivity contribution is 5.89. The summed E-state index contributed by atoms with van der Waals surface area (Å²) in [4.78, 5) is 14.8. The molecule has 2 aromatic heterocycles. The van der Waals surface area contributed by atoms with Crippen LogP contribution in [0.4, 0.5) is 0 Å². The van der Waals surface area contributed by atoms with Crippen molar-refractivity contribution >= 4 is 17.1 Å². The molecule has 2 aromatic rings. The van der Waals surface area contributed by atoms with Gasteiger partial charge in [0.2, 0.25) is 5.70 Å². The molecule has 3 heterocycles. The number of hydrogen-bond donors (Lipinski definition) is 0. The van der Waals surface area contributed by atoms with Crippen LogP contribution >= 0.6 is 0 Å². The molecule has 0 saturated carbocycles. The van der Waals surface area contributed by atoms with Crippen molar-refractivity contribution in [2.45, 2.75) is 26.3 Å². The van der Waals surface area contributed by atoms with Crippen LogP contribution in [0.5, 0.6) is 0 Å². The lowest BCUT2D eigenvalue weighted by Crippen LogP contribution is -1.94.